The smallest absolute Gasteiger partial charge is 0.261 e. The molecule has 0 bridgehead atoms. The number of hydrogen-bond donors (Lipinski definition) is 0. The van der Waals surface area contributed by atoms with Crippen molar-refractivity contribution in [2.24, 2.45) is 0 Å². The van der Waals surface area contributed by atoms with Crippen molar-refractivity contribution >= 4 is 38.6 Å². The Morgan fingerprint density at radius 1 is 0.971 bits per heavy atom. The van der Waals surface area contributed by atoms with E-state index in [4.69, 9.17) is 25.2 Å². The minimum atomic E-state index is -2.84. The zero-order valence-corrected chi connectivity index (χ0v) is 24.9. The molecule has 0 saturated carbocycles. The topological polar surface area (TPSA) is 51.5 Å². The first-order chi connectivity index (χ1) is 16.4. The van der Waals surface area contributed by atoms with E-state index >= 15 is 0 Å². The molecular weight excluding hydrogens is 490 g/mol. The minimum Gasteiger partial charge on any atom is -0.402 e. The van der Waals surface area contributed by atoms with E-state index in [9.17, 15) is 5.26 Å². The van der Waals surface area contributed by atoms with Gasteiger partial charge in [-0.15, -0.1) is 18.2 Å². The highest BCUT2D eigenvalue weighted by molar-refractivity contribution is 6.99. The fraction of sp³-hybridized carbons (Fsp3) is 0.464. The van der Waals surface area contributed by atoms with Gasteiger partial charge in [-0.05, 0) is 35.1 Å². The molecule has 4 atom stereocenters. The number of hydrogen-bond acceptors (Lipinski definition) is 4. The lowest BCUT2D eigenvalue weighted by atomic mass is 10.1. The molecule has 190 valence electrons. The Labute approximate surface area is 219 Å². The van der Waals surface area contributed by atoms with Gasteiger partial charge in [-0.25, -0.2) is 0 Å². The fourth-order valence-corrected chi connectivity index (χ4v) is 10.6. The van der Waals surface area contributed by atoms with Gasteiger partial charge >= 0.3 is 0 Å². The van der Waals surface area contributed by atoms with Gasteiger partial charge in [-0.1, -0.05) is 87.5 Å². The summed E-state index contributed by atoms with van der Waals surface area (Å²) in [6.07, 6.45) is 0.591. The molecule has 7 heteroatoms. The number of nitrogens with zero attached hydrogens (tertiary/aromatic N) is 1. The third-order valence-corrected chi connectivity index (χ3v) is 12.6. The SMILES string of the molecule is C=C[C@@H](O[Si](c1ccccc1)(c1ccccc1)C(C)(C)C)[C@@H](Cl)[C@@H](CC(C#N)O[Si](C)(C)C)OC. The van der Waals surface area contributed by atoms with Crippen molar-refractivity contribution < 1.29 is 13.6 Å². The summed E-state index contributed by atoms with van der Waals surface area (Å²) in [5.74, 6) is 0. The average molecular weight is 530 g/mol. The van der Waals surface area contributed by atoms with E-state index in [1.54, 1.807) is 13.2 Å². The zero-order chi connectivity index (χ0) is 26.3. The summed E-state index contributed by atoms with van der Waals surface area (Å²) in [4.78, 5) is 0. The molecule has 0 N–H and O–H groups in total. The van der Waals surface area contributed by atoms with Crippen LogP contribution < -0.4 is 10.4 Å². The molecule has 0 aliphatic carbocycles. The monoisotopic (exact) mass is 529 g/mol. The molecule has 0 aromatic heterocycles. The van der Waals surface area contributed by atoms with Crippen LogP contribution in [0.1, 0.15) is 27.2 Å². The largest absolute Gasteiger partial charge is 0.402 e. The second-order valence-electron chi connectivity index (χ2n) is 10.8. The molecule has 2 aromatic rings. The summed E-state index contributed by atoms with van der Waals surface area (Å²) in [6, 6.07) is 23.1. The standard InChI is InChI=1S/C28H40ClNO3Si2/c1-9-25(27(29)26(31-5)20-22(21-30)32-34(6,7)8)33-35(28(2,3)4,23-16-12-10-13-17-23)24-18-14-11-15-19-24/h9-19,22,25-27H,1,20H2,2-8H3/t22?,25-,26-,27-/m1/s1. The van der Waals surface area contributed by atoms with Crippen molar-refractivity contribution in [3.05, 3.63) is 73.3 Å². The number of alkyl halides is 1. The van der Waals surface area contributed by atoms with E-state index in [2.05, 4.69) is 102 Å². The Morgan fingerprint density at radius 3 is 1.80 bits per heavy atom. The first-order valence-electron chi connectivity index (χ1n) is 12.1. The van der Waals surface area contributed by atoms with E-state index in [0.717, 1.165) is 0 Å². The number of rotatable bonds is 12. The second kappa shape index (κ2) is 12.5. The van der Waals surface area contributed by atoms with E-state index in [0.29, 0.717) is 6.42 Å². The lowest BCUT2D eigenvalue weighted by molar-refractivity contribution is 0.0413. The third kappa shape index (κ3) is 7.39. The maximum absolute atomic E-state index is 9.71. The maximum atomic E-state index is 9.71. The summed E-state index contributed by atoms with van der Waals surface area (Å²) >= 11 is 7.06. The summed E-state index contributed by atoms with van der Waals surface area (Å²) in [6.45, 7) is 17.0. The van der Waals surface area contributed by atoms with Crippen molar-refractivity contribution in [3.63, 3.8) is 0 Å². The van der Waals surface area contributed by atoms with Crippen LogP contribution in [0.25, 0.3) is 0 Å². The van der Waals surface area contributed by atoms with E-state index < -0.39 is 40.3 Å². The van der Waals surface area contributed by atoms with Crippen molar-refractivity contribution in [2.45, 2.75) is 75.6 Å². The van der Waals surface area contributed by atoms with Gasteiger partial charge in [0.15, 0.2) is 8.32 Å². The fourth-order valence-electron chi connectivity index (χ4n) is 4.47. The molecule has 0 saturated heterocycles. The minimum absolute atomic E-state index is 0.202. The van der Waals surface area contributed by atoms with Crippen LogP contribution in [0, 0.1) is 11.3 Å². The van der Waals surface area contributed by atoms with Gasteiger partial charge in [0.1, 0.15) is 6.10 Å². The van der Waals surface area contributed by atoms with Gasteiger partial charge in [-0.3, -0.25) is 0 Å². The zero-order valence-electron chi connectivity index (χ0n) is 22.1. The molecule has 0 fully saturated rings. The molecule has 0 radical (unpaired) electrons. The van der Waals surface area contributed by atoms with Gasteiger partial charge in [0.2, 0.25) is 0 Å². The maximum Gasteiger partial charge on any atom is 0.261 e. The average Bonchev–Trinajstić information content (AvgIpc) is 2.81. The van der Waals surface area contributed by atoms with Gasteiger partial charge < -0.3 is 13.6 Å². The van der Waals surface area contributed by atoms with E-state index in [1.165, 1.54) is 10.4 Å². The van der Waals surface area contributed by atoms with Gasteiger partial charge in [0, 0.05) is 13.5 Å². The summed E-state index contributed by atoms with van der Waals surface area (Å²) in [7, 11) is -3.13. The molecule has 2 aromatic carbocycles. The molecule has 0 aliphatic heterocycles. The predicted molar refractivity (Wildman–Crippen MR) is 152 cm³/mol. The normalized spacial score (nSPS) is 16.1. The highest BCUT2D eigenvalue weighted by Gasteiger charge is 2.52. The van der Waals surface area contributed by atoms with Crippen LogP contribution >= 0.6 is 11.6 Å². The molecule has 1 unspecified atom stereocenters. The van der Waals surface area contributed by atoms with Crippen LogP contribution in [0.5, 0.6) is 0 Å². The lowest BCUT2D eigenvalue weighted by Crippen LogP contribution is -2.68. The van der Waals surface area contributed by atoms with Crippen LogP contribution in [0.4, 0.5) is 0 Å². The number of nitriles is 1. The highest BCUT2D eigenvalue weighted by Crippen LogP contribution is 2.39. The van der Waals surface area contributed by atoms with Gasteiger partial charge in [0.05, 0.1) is 23.7 Å². The predicted octanol–water partition coefficient (Wildman–Crippen LogP) is 5.87. The molecule has 2 rings (SSSR count). The van der Waals surface area contributed by atoms with Crippen LogP contribution in [-0.2, 0) is 13.6 Å². The van der Waals surface area contributed by atoms with E-state index in [1.807, 2.05) is 12.1 Å². The second-order valence-corrected chi connectivity index (χ2v) is 20.0. The summed E-state index contributed by atoms with van der Waals surface area (Å²) in [5.41, 5.74) is 0. The van der Waals surface area contributed by atoms with Crippen molar-refractivity contribution in [2.75, 3.05) is 7.11 Å². The van der Waals surface area contributed by atoms with Gasteiger partial charge in [0.25, 0.3) is 8.32 Å². The molecule has 0 aliphatic rings. The lowest BCUT2D eigenvalue weighted by Gasteiger charge is -2.46. The van der Waals surface area contributed by atoms with Crippen LogP contribution in [0.15, 0.2) is 73.3 Å². The number of ether oxygens (including phenoxy) is 1. The molecule has 0 heterocycles. The Balaban J connectivity index is 2.51. The first kappa shape index (κ1) is 29.5. The van der Waals surface area contributed by atoms with Gasteiger partial charge in [-0.2, -0.15) is 5.26 Å². The van der Waals surface area contributed by atoms with E-state index in [-0.39, 0.29) is 5.04 Å². The molecule has 0 amide bonds. The first-order valence-corrected chi connectivity index (χ1v) is 17.8. The highest BCUT2D eigenvalue weighted by atomic mass is 35.5. The summed E-state index contributed by atoms with van der Waals surface area (Å²) < 4.78 is 19.0. The van der Waals surface area contributed by atoms with Crippen LogP contribution in [0.2, 0.25) is 24.7 Å². The number of halogens is 1. The molecule has 35 heavy (non-hydrogen) atoms. The number of methoxy groups -OCH3 is 1. The van der Waals surface area contributed by atoms with Crippen LogP contribution in [-0.4, -0.2) is 47.4 Å². The quantitative estimate of drug-likeness (QED) is 0.196. The number of benzene rings is 2. The Morgan fingerprint density at radius 2 is 1.46 bits per heavy atom. The van der Waals surface area contributed by atoms with Crippen LogP contribution in [0.3, 0.4) is 0 Å². The molecular formula is C28H40ClNO3Si2. The Bertz CT molecular complexity index is 928. The Hall–Kier alpha value is -1.73. The molecule has 4 nitrogen and oxygen atoms in total. The summed E-state index contributed by atoms with van der Waals surface area (Å²) in [5, 5.41) is 11.3. The van der Waals surface area contributed by atoms with Crippen molar-refractivity contribution in [1.82, 2.24) is 0 Å². The third-order valence-electron chi connectivity index (χ3n) is 6.02. The van der Waals surface area contributed by atoms with Crippen molar-refractivity contribution in [3.8, 4) is 6.07 Å². The Kier molecular flexibility index (Phi) is 10.5. The molecule has 0 spiro atoms. The van der Waals surface area contributed by atoms with Crippen molar-refractivity contribution in [1.29, 1.82) is 5.26 Å².